The smallest absolute Gasteiger partial charge is 0.147 e. The van der Waals surface area contributed by atoms with E-state index in [4.69, 9.17) is 28.9 Å². The second-order valence-electron chi connectivity index (χ2n) is 4.30. The van der Waals surface area contributed by atoms with Gasteiger partial charge in [-0.15, -0.1) is 0 Å². The Morgan fingerprint density at radius 1 is 1.26 bits per heavy atom. The fourth-order valence-corrected chi connectivity index (χ4v) is 2.43. The molecule has 2 rings (SSSR count). The maximum atomic E-state index is 6.29. The lowest BCUT2D eigenvalue weighted by Crippen LogP contribution is -2.18. The lowest BCUT2D eigenvalue weighted by Gasteiger charge is -2.20. The minimum Gasteiger partial charge on any atom is -0.354 e. The Labute approximate surface area is 123 Å². The number of hydrogen-bond acceptors (Lipinski definition) is 3. The van der Waals surface area contributed by atoms with Crippen LogP contribution >= 0.6 is 23.2 Å². The molecule has 0 saturated heterocycles. The highest BCUT2D eigenvalue weighted by Gasteiger charge is 2.11. The summed E-state index contributed by atoms with van der Waals surface area (Å²) in [5.74, 6) is 0.726. The van der Waals surface area contributed by atoms with Crippen molar-refractivity contribution in [2.45, 2.75) is 13.1 Å². The van der Waals surface area contributed by atoms with E-state index in [1.165, 1.54) is 0 Å². The summed E-state index contributed by atoms with van der Waals surface area (Å²) in [5.41, 5.74) is 7.64. The van der Waals surface area contributed by atoms with Gasteiger partial charge >= 0.3 is 0 Å². The molecule has 0 aliphatic rings. The van der Waals surface area contributed by atoms with Crippen molar-refractivity contribution in [3.05, 3.63) is 57.7 Å². The average Bonchev–Trinajstić information content (AvgIpc) is 2.39. The van der Waals surface area contributed by atoms with Crippen molar-refractivity contribution in [1.82, 2.24) is 4.98 Å². The van der Waals surface area contributed by atoms with Gasteiger partial charge in [0.05, 0.1) is 5.02 Å². The molecular weight excluding hydrogens is 281 g/mol. The van der Waals surface area contributed by atoms with Crippen LogP contribution in [0.25, 0.3) is 0 Å². The van der Waals surface area contributed by atoms with Gasteiger partial charge in [0.15, 0.2) is 0 Å². The molecule has 0 fully saturated rings. The van der Waals surface area contributed by atoms with Crippen LogP contribution in [0.15, 0.2) is 36.5 Å². The fourth-order valence-electron chi connectivity index (χ4n) is 1.88. The Bertz CT molecular complexity index is 572. The van der Waals surface area contributed by atoms with Gasteiger partial charge in [0.1, 0.15) is 5.82 Å². The van der Waals surface area contributed by atoms with Gasteiger partial charge in [0.2, 0.25) is 0 Å². The first-order chi connectivity index (χ1) is 9.11. The van der Waals surface area contributed by atoms with E-state index in [1.807, 2.05) is 42.3 Å². The Morgan fingerprint density at radius 3 is 2.74 bits per heavy atom. The second-order valence-corrected chi connectivity index (χ2v) is 5.11. The van der Waals surface area contributed by atoms with Gasteiger partial charge in [-0.2, -0.15) is 0 Å². The molecule has 0 aliphatic heterocycles. The highest BCUT2D eigenvalue weighted by Crippen LogP contribution is 2.27. The molecule has 1 aromatic heterocycles. The number of nitrogens with zero attached hydrogens (tertiary/aromatic N) is 2. The third-order valence-corrected chi connectivity index (χ3v) is 3.49. The summed E-state index contributed by atoms with van der Waals surface area (Å²) in [5, 5.41) is 1.33. The minimum absolute atomic E-state index is 0.402. The van der Waals surface area contributed by atoms with Gasteiger partial charge in [-0.3, -0.25) is 0 Å². The van der Waals surface area contributed by atoms with Crippen LogP contribution in [0.3, 0.4) is 0 Å². The molecule has 2 N–H and O–H groups in total. The number of anilines is 1. The number of hydrogen-bond donors (Lipinski definition) is 1. The van der Waals surface area contributed by atoms with Crippen LogP contribution in [-0.2, 0) is 13.1 Å². The molecule has 0 atom stereocenters. The lowest BCUT2D eigenvalue weighted by molar-refractivity contribution is 0.892. The van der Waals surface area contributed by atoms with E-state index in [0.29, 0.717) is 18.1 Å². The molecule has 5 heteroatoms. The summed E-state index contributed by atoms with van der Waals surface area (Å²) in [7, 11) is 1.94. The van der Waals surface area contributed by atoms with E-state index in [1.54, 1.807) is 6.20 Å². The largest absolute Gasteiger partial charge is 0.354 e. The molecule has 0 saturated carbocycles. The van der Waals surface area contributed by atoms with Crippen LogP contribution in [0.5, 0.6) is 0 Å². The summed E-state index contributed by atoms with van der Waals surface area (Å²) in [6.45, 7) is 1.08. The number of benzene rings is 1. The zero-order chi connectivity index (χ0) is 13.8. The Hall–Kier alpha value is -1.29. The van der Waals surface area contributed by atoms with Gasteiger partial charge in [0.25, 0.3) is 0 Å². The number of nitrogens with two attached hydrogens (primary N) is 1. The summed E-state index contributed by atoms with van der Waals surface area (Å²) in [4.78, 5) is 6.29. The van der Waals surface area contributed by atoms with Gasteiger partial charge in [0, 0.05) is 31.4 Å². The number of rotatable bonds is 4. The van der Waals surface area contributed by atoms with Crippen LogP contribution in [0, 0.1) is 0 Å². The fraction of sp³-hybridized carbons (Fsp3) is 0.214. The van der Waals surface area contributed by atoms with Crippen LogP contribution in [0.4, 0.5) is 5.82 Å². The van der Waals surface area contributed by atoms with Crippen LogP contribution in [0.2, 0.25) is 10.0 Å². The quantitative estimate of drug-likeness (QED) is 0.939. The molecule has 19 heavy (non-hydrogen) atoms. The van der Waals surface area contributed by atoms with Crippen molar-refractivity contribution >= 4 is 29.0 Å². The predicted molar refractivity (Wildman–Crippen MR) is 80.7 cm³/mol. The molecule has 100 valence electrons. The molecule has 0 spiro atoms. The van der Waals surface area contributed by atoms with Gasteiger partial charge in [-0.25, -0.2) is 4.98 Å². The Kier molecular flexibility index (Phi) is 4.64. The maximum absolute atomic E-state index is 6.29. The molecule has 0 unspecified atom stereocenters. The SMILES string of the molecule is CN(Cc1cccc(Cl)c1)c1nccc(CN)c1Cl. The number of pyridine rings is 1. The van der Waals surface area contributed by atoms with Gasteiger partial charge in [-0.05, 0) is 29.3 Å². The maximum Gasteiger partial charge on any atom is 0.147 e. The average molecular weight is 296 g/mol. The summed E-state index contributed by atoms with van der Waals surface area (Å²) >= 11 is 12.3. The lowest BCUT2D eigenvalue weighted by atomic mass is 10.2. The first-order valence-corrected chi connectivity index (χ1v) is 6.66. The highest BCUT2D eigenvalue weighted by atomic mass is 35.5. The third-order valence-electron chi connectivity index (χ3n) is 2.84. The monoisotopic (exact) mass is 295 g/mol. The molecule has 0 radical (unpaired) electrons. The van der Waals surface area contributed by atoms with E-state index in [-0.39, 0.29) is 0 Å². The van der Waals surface area contributed by atoms with Crippen molar-refractivity contribution in [2.24, 2.45) is 5.73 Å². The van der Waals surface area contributed by atoms with Crippen molar-refractivity contribution in [2.75, 3.05) is 11.9 Å². The van der Waals surface area contributed by atoms with Crippen molar-refractivity contribution in [3.8, 4) is 0 Å². The standard InChI is InChI=1S/C14H15Cl2N3/c1-19(9-10-3-2-4-12(15)7-10)14-13(16)11(8-17)5-6-18-14/h2-7H,8-9,17H2,1H3. The van der Waals surface area contributed by atoms with Gasteiger partial charge < -0.3 is 10.6 Å². The normalized spacial score (nSPS) is 10.5. The summed E-state index contributed by atoms with van der Waals surface area (Å²) in [6.07, 6.45) is 1.72. The second kappa shape index (κ2) is 6.24. The van der Waals surface area contributed by atoms with E-state index >= 15 is 0 Å². The molecular formula is C14H15Cl2N3. The van der Waals surface area contributed by atoms with E-state index in [2.05, 4.69) is 4.98 Å². The molecule has 2 aromatic rings. The molecule has 0 bridgehead atoms. The zero-order valence-corrected chi connectivity index (χ0v) is 12.1. The first-order valence-electron chi connectivity index (χ1n) is 5.91. The predicted octanol–water partition coefficient (Wildman–Crippen LogP) is 3.48. The molecule has 0 aliphatic carbocycles. The van der Waals surface area contributed by atoms with Crippen LogP contribution < -0.4 is 10.6 Å². The molecule has 1 aromatic carbocycles. The van der Waals surface area contributed by atoms with Crippen molar-refractivity contribution < 1.29 is 0 Å². The number of aromatic nitrogens is 1. The third kappa shape index (κ3) is 3.38. The minimum atomic E-state index is 0.402. The molecule has 1 heterocycles. The van der Waals surface area contributed by atoms with E-state index in [0.717, 1.165) is 22.0 Å². The van der Waals surface area contributed by atoms with Crippen molar-refractivity contribution in [1.29, 1.82) is 0 Å². The van der Waals surface area contributed by atoms with E-state index < -0.39 is 0 Å². The Morgan fingerprint density at radius 2 is 2.05 bits per heavy atom. The summed E-state index contributed by atoms with van der Waals surface area (Å²) in [6, 6.07) is 9.56. The Balaban J connectivity index is 2.23. The molecule has 3 nitrogen and oxygen atoms in total. The highest BCUT2D eigenvalue weighted by molar-refractivity contribution is 6.33. The van der Waals surface area contributed by atoms with Crippen LogP contribution in [0.1, 0.15) is 11.1 Å². The van der Waals surface area contributed by atoms with E-state index in [9.17, 15) is 0 Å². The zero-order valence-electron chi connectivity index (χ0n) is 10.6. The van der Waals surface area contributed by atoms with Gasteiger partial charge in [-0.1, -0.05) is 35.3 Å². The first kappa shape index (κ1) is 14.1. The van der Waals surface area contributed by atoms with Crippen molar-refractivity contribution in [3.63, 3.8) is 0 Å². The summed E-state index contributed by atoms with van der Waals surface area (Å²) < 4.78 is 0. The van der Waals surface area contributed by atoms with Crippen LogP contribution in [-0.4, -0.2) is 12.0 Å². The molecule has 0 amide bonds. The topological polar surface area (TPSA) is 42.2 Å². The number of halogens is 2.